The number of benzene rings is 2. The Morgan fingerprint density at radius 1 is 1.11 bits per heavy atom. The Morgan fingerprint density at radius 3 is 2.61 bits per heavy atom. The molecule has 0 aliphatic carbocycles. The highest BCUT2D eigenvalue weighted by atomic mass is 16.5. The molecule has 6 heteroatoms. The molecule has 0 bridgehead atoms. The predicted octanol–water partition coefficient (Wildman–Crippen LogP) is 3.73. The van der Waals surface area contributed by atoms with Crippen molar-refractivity contribution < 1.29 is 19.1 Å². The van der Waals surface area contributed by atoms with E-state index in [1.54, 1.807) is 55.6 Å². The Labute approximate surface area is 165 Å². The molecule has 148 valence electrons. The van der Waals surface area contributed by atoms with Crippen molar-refractivity contribution in [2.24, 2.45) is 0 Å². The SMILES string of the molecule is COc1cccc(NC(=O)COc2ccc(C(=O)N3CCCCC3C)cc2)c1. The molecule has 1 aliphatic heterocycles. The number of rotatable bonds is 6. The number of carbonyl (C=O) groups is 2. The van der Waals surface area contributed by atoms with E-state index in [4.69, 9.17) is 9.47 Å². The maximum absolute atomic E-state index is 12.7. The van der Waals surface area contributed by atoms with Crippen LogP contribution in [-0.4, -0.2) is 43.0 Å². The number of amides is 2. The van der Waals surface area contributed by atoms with Gasteiger partial charge in [-0.25, -0.2) is 0 Å². The summed E-state index contributed by atoms with van der Waals surface area (Å²) in [7, 11) is 1.57. The first-order chi connectivity index (χ1) is 13.6. The first kappa shape index (κ1) is 19.7. The van der Waals surface area contributed by atoms with Gasteiger partial charge in [0.05, 0.1) is 7.11 Å². The summed E-state index contributed by atoms with van der Waals surface area (Å²) < 4.78 is 10.7. The summed E-state index contributed by atoms with van der Waals surface area (Å²) in [6, 6.07) is 14.3. The molecule has 2 aromatic carbocycles. The van der Waals surface area contributed by atoms with Crippen LogP contribution in [0.25, 0.3) is 0 Å². The van der Waals surface area contributed by atoms with Gasteiger partial charge in [0.2, 0.25) is 0 Å². The molecule has 1 atom stereocenters. The largest absolute Gasteiger partial charge is 0.497 e. The average molecular weight is 382 g/mol. The monoisotopic (exact) mass is 382 g/mol. The number of hydrogen-bond donors (Lipinski definition) is 1. The van der Waals surface area contributed by atoms with Gasteiger partial charge in [0, 0.05) is 29.9 Å². The van der Waals surface area contributed by atoms with Crippen molar-refractivity contribution in [1.29, 1.82) is 0 Å². The molecule has 0 aromatic heterocycles. The van der Waals surface area contributed by atoms with Crippen LogP contribution in [0.5, 0.6) is 11.5 Å². The number of hydrogen-bond acceptors (Lipinski definition) is 4. The van der Waals surface area contributed by atoms with E-state index in [-0.39, 0.29) is 24.5 Å². The van der Waals surface area contributed by atoms with Crippen LogP contribution in [0.15, 0.2) is 48.5 Å². The van der Waals surface area contributed by atoms with E-state index in [1.807, 2.05) is 4.90 Å². The number of anilines is 1. The molecular formula is C22H26N2O4. The van der Waals surface area contributed by atoms with Gasteiger partial charge in [0.15, 0.2) is 6.61 Å². The van der Waals surface area contributed by atoms with Gasteiger partial charge in [0.25, 0.3) is 11.8 Å². The third-order valence-electron chi connectivity index (χ3n) is 4.89. The molecule has 6 nitrogen and oxygen atoms in total. The molecule has 1 heterocycles. The number of ether oxygens (including phenoxy) is 2. The maximum atomic E-state index is 12.7. The number of likely N-dealkylation sites (tertiary alicyclic amines) is 1. The van der Waals surface area contributed by atoms with Crippen molar-refractivity contribution in [3.63, 3.8) is 0 Å². The number of carbonyl (C=O) groups excluding carboxylic acids is 2. The fraction of sp³-hybridized carbons (Fsp3) is 0.364. The van der Waals surface area contributed by atoms with Crippen LogP contribution < -0.4 is 14.8 Å². The zero-order valence-electron chi connectivity index (χ0n) is 16.3. The molecule has 3 rings (SSSR count). The van der Waals surface area contributed by atoms with E-state index >= 15 is 0 Å². The Balaban J connectivity index is 1.52. The molecule has 2 aromatic rings. The van der Waals surface area contributed by atoms with Crippen molar-refractivity contribution in [2.45, 2.75) is 32.2 Å². The van der Waals surface area contributed by atoms with E-state index in [1.165, 1.54) is 6.42 Å². The molecule has 2 amide bonds. The number of nitrogens with zero attached hydrogens (tertiary/aromatic N) is 1. The summed E-state index contributed by atoms with van der Waals surface area (Å²) in [5.74, 6) is 0.996. The fourth-order valence-electron chi connectivity index (χ4n) is 3.31. The first-order valence-corrected chi connectivity index (χ1v) is 9.54. The molecule has 28 heavy (non-hydrogen) atoms. The lowest BCUT2D eigenvalue weighted by Gasteiger charge is -2.33. The van der Waals surface area contributed by atoms with Crippen molar-refractivity contribution in [3.05, 3.63) is 54.1 Å². The van der Waals surface area contributed by atoms with Crippen LogP contribution in [-0.2, 0) is 4.79 Å². The van der Waals surface area contributed by atoms with Crippen molar-refractivity contribution in [2.75, 3.05) is 25.6 Å². The third-order valence-corrected chi connectivity index (χ3v) is 4.89. The molecule has 1 fully saturated rings. The van der Waals surface area contributed by atoms with E-state index in [0.29, 0.717) is 22.7 Å². The smallest absolute Gasteiger partial charge is 0.262 e. The van der Waals surface area contributed by atoms with Gasteiger partial charge in [-0.1, -0.05) is 6.07 Å². The van der Waals surface area contributed by atoms with Crippen LogP contribution in [0, 0.1) is 0 Å². The number of methoxy groups -OCH3 is 1. The first-order valence-electron chi connectivity index (χ1n) is 9.54. The molecule has 1 aliphatic rings. The normalized spacial score (nSPS) is 16.4. The number of piperidine rings is 1. The van der Waals surface area contributed by atoms with Crippen LogP contribution in [0.1, 0.15) is 36.5 Å². The molecule has 0 radical (unpaired) electrons. The van der Waals surface area contributed by atoms with Gasteiger partial charge in [-0.3, -0.25) is 9.59 Å². The van der Waals surface area contributed by atoms with E-state index in [9.17, 15) is 9.59 Å². The van der Waals surface area contributed by atoms with Gasteiger partial charge in [-0.15, -0.1) is 0 Å². The second-order valence-corrected chi connectivity index (χ2v) is 6.94. The molecule has 1 unspecified atom stereocenters. The zero-order chi connectivity index (χ0) is 19.9. The molecule has 0 saturated carbocycles. The van der Waals surface area contributed by atoms with Gasteiger partial charge in [-0.05, 0) is 62.6 Å². The Kier molecular flexibility index (Phi) is 6.53. The molecular weight excluding hydrogens is 356 g/mol. The van der Waals surface area contributed by atoms with Crippen molar-refractivity contribution in [3.8, 4) is 11.5 Å². The fourth-order valence-corrected chi connectivity index (χ4v) is 3.31. The highest BCUT2D eigenvalue weighted by Gasteiger charge is 2.24. The summed E-state index contributed by atoms with van der Waals surface area (Å²) in [6.45, 7) is 2.78. The average Bonchev–Trinajstić information content (AvgIpc) is 2.72. The van der Waals surface area contributed by atoms with E-state index < -0.39 is 0 Å². The topological polar surface area (TPSA) is 67.9 Å². The van der Waals surface area contributed by atoms with Gasteiger partial charge >= 0.3 is 0 Å². The van der Waals surface area contributed by atoms with E-state index in [0.717, 1.165) is 19.4 Å². The minimum absolute atomic E-state index is 0.0505. The number of nitrogens with one attached hydrogen (secondary N) is 1. The van der Waals surface area contributed by atoms with Crippen LogP contribution in [0.2, 0.25) is 0 Å². The summed E-state index contributed by atoms with van der Waals surface area (Å²) in [5.41, 5.74) is 1.28. The van der Waals surface area contributed by atoms with Crippen molar-refractivity contribution >= 4 is 17.5 Å². The minimum Gasteiger partial charge on any atom is -0.497 e. The van der Waals surface area contributed by atoms with Gasteiger partial charge in [-0.2, -0.15) is 0 Å². The van der Waals surface area contributed by atoms with Crippen LogP contribution in [0.4, 0.5) is 5.69 Å². The van der Waals surface area contributed by atoms with Crippen LogP contribution >= 0.6 is 0 Å². The molecule has 0 spiro atoms. The van der Waals surface area contributed by atoms with Crippen molar-refractivity contribution in [1.82, 2.24) is 4.90 Å². The lowest BCUT2D eigenvalue weighted by Crippen LogP contribution is -2.41. The standard InChI is InChI=1S/C22H26N2O4/c1-16-6-3-4-13-24(16)22(26)17-9-11-19(12-10-17)28-15-21(25)23-18-7-5-8-20(14-18)27-2/h5,7-12,14,16H,3-4,6,13,15H2,1-2H3,(H,23,25). The summed E-state index contributed by atoms with van der Waals surface area (Å²) in [6.07, 6.45) is 3.28. The third kappa shape index (κ3) is 5.03. The summed E-state index contributed by atoms with van der Waals surface area (Å²) in [5, 5.41) is 2.76. The maximum Gasteiger partial charge on any atom is 0.262 e. The quantitative estimate of drug-likeness (QED) is 0.827. The molecule has 1 N–H and O–H groups in total. The Bertz CT molecular complexity index is 820. The predicted molar refractivity (Wildman–Crippen MR) is 108 cm³/mol. The lowest BCUT2D eigenvalue weighted by molar-refractivity contribution is -0.118. The highest BCUT2D eigenvalue weighted by Crippen LogP contribution is 2.21. The van der Waals surface area contributed by atoms with Crippen LogP contribution in [0.3, 0.4) is 0 Å². The van der Waals surface area contributed by atoms with E-state index in [2.05, 4.69) is 12.2 Å². The lowest BCUT2D eigenvalue weighted by atomic mass is 10.0. The Morgan fingerprint density at radius 2 is 1.89 bits per heavy atom. The van der Waals surface area contributed by atoms with Gasteiger partial charge < -0.3 is 19.7 Å². The van der Waals surface area contributed by atoms with Gasteiger partial charge in [0.1, 0.15) is 11.5 Å². The minimum atomic E-state index is -0.268. The summed E-state index contributed by atoms with van der Waals surface area (Å²) in [4.78, 5) is 26.7. The zero-order valence-corrected chi connectivity index (χ0v) is 16.3. The Hall–Kier alpha value is -3.02. The second-order valence-electron chi connectivity index (χ2n) is 6.94. The highest BCUT2D eigenvalue weighted by molar-refractivity contribution is 5.94. The summed E-state index contributed by atoms with van der Waals surface area (Å²) >= 11 is 0. The molecule has 1 saturated heterocycles. The second kappa shape index (κ2) is 9.26.